The highest BCUT2D eigenvalue weighted by Gasteiger charge is 2.13. The Bertz CT molecular complexity index is 856. The zero-order valence-electron chi connectivity index (χ0n) is 10.0. The lowest BCUT2D eigenvalue weighted by molar-refractivity contribution is 0.102. The molecule has 3 rings (SSSR count). The predicted octanol–water partition coefficient (Wildman–Crippen LogP) is 2.77. The quantitative estimate of drug-likeness (QED) is 0.773. The van der Waals surface area contributed by atoms with E-state index in [2.05, 4.69) is 26.2 Å². The first-order chi connectivity index (χ1) is 9.65. The number of nitrogens with zero attached hydrogens (tertiary/aromatic N) is 2. The summed E-state index contributed by atoms with van der Waals surface area (Å²) in [6.07, 6.45) is 2.91. The van der Waals surface area contributed by atoms with Crippen LogP contribution >= 0.6 is 27.3 Å². The Balaban J connectivity index is 1.96. The van der Waals surface area contributed by atoms with Gasteiger partial charge in [0.05, 0.1) is 0 Å². The van der Waals surface area contributed by atoms with Gasteiger partial charge >= 0.3 is 0 Å². The largest absolute Gasteiger partial charge is 0.322 e. The maximum Gasteiger partial charge on any atom is 0.271 e. The van der Waals surface area contributed by atoms with Crippen LogP contribution in [0.3, 0.4) is 0 Å². The molecule has 0 saturated heterocycles. The third-order valence-electron chi connectivity index (χ3n) is 2.67. The molecule has 5 nitrogen and oxygen atoms in total. The van der Waals surface area contributed by atoms with Gasteiger partial charge in [-0.05, 0) is 18.2 Å². The predicted molar refractivity (Wildman–Crippen MR) is 81.4 cm³/mol. The summed E-state index contributed by atoms with van der Waals surface area (Å²) >= 11 is 4.66. The molecule has 2 heterocycles. The molecule has 0 aliphatic heterocycles. The van der Waals surface area contributed by atoms with E-state index < -0.39 is 5.91 Å². The third kappa shape index (κ3) is 2.37. The van der Waals surface area contributed by atoms with Gasteiger partial charge in [-0.15, -0.1) is 11.3 Å². The number of anilines is 1. The molecule has 20 heavy (non-hydrogen) atoms. The molecule has 0 aliphatic rings. The zero-order chi connectivity index (χ0) is 14.1. The molecular weight excluding hydrogens is 342 g/mol. The Labute approximate surface area is 126 Å². The van der Waals surface area contributed by atoms with Crippen LogP contribution in [-0.4, -0.2) is 15.3 Å². The van der Waals surface area contributed by atoms with Crippen LogP contribution in [-0.2, 0) is 0 Å². The van der Waals surface area contributed by atoms with Gasteiger partial charge in [0.15, 0.2) is 4.96 Å². The van der Waals surface area contributed by atoms with Gasteiger partial charge in [-0.25, -0.2) is 4.98 Å². The second-order valence-corrected chi connectivity index (χ2v) is 5.79. The summed E-state index contributed by atoms with van der Waals surface area (Å²) in [6.45, 7) is 0. The average molecular weight is 350 g/mol. The molecule has 1 N–H and O–H groups in total. The lowest BCUT2D eigenvalue weighted by atomic mass is 10.2. The number of benzene rings is 1. The molecule has 0 unspecified atom stereocenters. The maximum atomic E-state index is 12.1. The summed E-state index contributed by atoms with van der Waals surface area (Å²) in [7, 11) is 0. The van der Waals surface area contributed by atoms with Gasteiger partial charge in [-0.3, -0.25) is 14.0 Å². The summed E-state index contributed by atoms with van der Waals surface area (Å²) < 4.78 is 2.21. The van der Waals surface area contributed by atoms with Crippen molar-refractivity contribution in [3.63, 3.8) is 0 Å². The van der Waals surface area contributed by atoms with Crippen molar-refractivity contribution in [2.24, 2.45) is 0 Å². The molecule has 0 fully saturated rings. The number of carbonyl (C=O) groups excluding carboxylic acids is 1. The van der Waals surface area contributed by atoms with Gasteiger partial charge in [0.25, 0.3) is 11.5 Å². The molecule has 0 saturated carbocycles. The van der Waals surface area contributed by atoms with Gasteiger partial charge in [-0.2, -0.15) is 0 Å². The Kier molecular flexibility index (Phi) is 3.37. The summed E-state index contributed by atoms with van der Waals surface area (Å²) in [4.78, 5) is 28.9. The highest BCUT2D eigenvalue weighted by atomic mass is 79.9. The van der Waals surface area contributed by atoms with Gasteiger partial charge in [-0.1, -0.05) is 22.0 Å². The summed E-state index contributed by atoms with van der Waals surface area (Å²) in [5, 5.41) is 4.43. The molecule has 1 aromatic carbocycles. The van der Waals surface area contributed by atoms with Crippen LogP contribution in [0.4, 0.5) is 5.69 Å². The number of hydrogen-bond acceptors (Lipinski definition) is 4. The lowest BCUT2D eigenvalue weighted by Crippen LogP contribution is -2.25. The van der Waals surface area contributed by atoms with Crippen LogP contribution in [0.5, 0.6) is 0 Å². The molecule has 0 radical (unpaired) electrons. The number of thiazole rings is 1. The second kappa shape index (κ2) is 5.18. The first-order valence-corrected chi connectivity index (χ1v) is 7.34. The van der Waals surface area contributed by atoms with E-state index in [1.807, 2.05) is 6.07 Å². The highest BCUT2D eigenvalue weighted by Crippen LogP contribution is 2.16. The first-order valence-electron chi connectivity index (χ1n) is 5.67. The molecule has 100 valence electrons. The van der Waals surface area contributed by atoms with Crippen molar-refractivity contribution in [3.8, 4) is 0 Å². The van der Waals surface area contributed by atoms with Crippen molar-refractivity contribution in [3.05, 3.63) is 62.4 Å². The van der Waals surface area contributed by atoms with Crippen LogP contribution in [0.1, 0.15) is 10.4 Å². The van der Waals surface area contributed by atoms with Crippen molar-refractivity contribution in [1.82, 2.24) is 9.38 Å². The minimum atomic E-state index is -0.471. The van der Waals surface area contributed by atoms with E-state index in [0.717, 1.165) is 4.47 Å². The van der Waals surface area contributed by atoms with E-state index in [1.54, 1.807) is 29.8 Å². The molecule has 1 amide bonds. The minimum Gasteiger partial charge on any atom is -0.322 e. The molecule has 0 atom stereocenters. The number of nitrogens with one attached hydrogen (secondary N) is 1. The fourth-order valence-electron chi connectivity index (χ4n) is 1.75. The fourth-order valence-corrected chi connectivity index (χ4v) is 2.82. The van der Waals surface area contributed by atoms with Crippen LogP contribution < -0.4 is 10.9 Å². The molecule has 7 heteroatoms. The van der Waals surface area contributed by atoms with E-state index in [1.165, 1.54) is 21.9 Å². The van der Waals surface area contributed by atoms with E-state index in [-0.39, 0.29) is 11.1 Å². The van der Waals surface area contributed by atoms with Crippen molar-refractivity contribution >= 4 is 43.8 Å². The van der Waals surface area contributed by atoms with Gasteiger partial charge in [0.1, 0.15) is 5.56 Å². The number of carbonyl (C=O) groups is 1. The standard InChI is InChI=1S/C13H8BrN3O2S/c14-8-2-1-3-9(6-8)16-11(18)10-7-15-13-17(12(10)19)4-5-20-13/h1-7H,(H,16,18). The summed E-state index contributed by atoms with van der Waals surface area (Å²) in [5.41, 5.74) is 0.254. The normalized spacial score (nSPS) is 10.7. The average Bonchev–Trinajstić information content (AvgIpc) is 2.88. The molecule has 0 bridgehead atoms. The van der Waals surface area contributed by atoms with E-state index in [0.29, 0.717) is 10.6 Å². The topological polar surface area (TPSA) is 63.5 Å². The van der Waals surface area contributed by atoms with Crippen molar-refractivity contribution in [2.45, 2.75) is 0 Å². The van der Waals surface area contributed by atoms with Crippen LogP contribution in [0.25, 0.3) is 4.96 Å². The lowest BCUT2D eigenvalue weighted by Gasteiger charge is -2.05. The second-order valence-electron chi connectivity index (χ2n) is 4.00. The SMILES string of the molecule is O=C(Nc1cccc(Br)c1)c1cnc2sccn2c1=O. The molecule has 0 spiro atoms. The van der Waals surface area contributed by atoms with Crippen molar-refractivity contribution < 1.29 is 4.79 Å². The monoisotopic (exact) mass is 349 g/mol. The number of hydrogen-bond donors (Lipinski definition) is 1. The highest BCUT2D eigenvalue weighted by molar-refractivity contribution is 9.10. The van der Waals surface area contributed by atoms with Crippen molar-refractivity contribution in [2.75, 3.05) is 5.32 Å². The number of aromatic nitrogens is 2. The van der Waals surface area contributed by atoms with Gasteiger partial charge < -0.3 is 5.32 Å². The Morgan fingerprint density at radius 1 is 1.40 bits per heavy atom. The van der Waals surface area contributed by atoms with E-state index in [9.17, 15) is 9.59 Å². The van der Waals surface area contributed by atoms with Crippen LogP contribution in [0.2, 0.25) is 0 Å². The number of halogens is 1. The van der Waals surface area contributed by atoms with Crippen LogP contribution in [0.15, 0.2) is 51.3 Å². The van der Waals surface area contributed by atoms with E-state index >= 15 is 0 Å². The Morgan fingerprint density at radius 3 is 3.05 bits per heavy atom. The number of rotatable bonds is 2. The van der Waals surface area contributed by atoms with Crippen molar-refractivity contribution in [1.29, 1.82) is 0 Å². The smallest absolute Gasteiger partial charge is 0.271 e. The fraction of sp³-hybridized carbons (Fsp3) is 0. The molecular formula is C13H8BrN3O2S. The van der Waals surface area contributed by atoms with Gasteiger partial charge in [0.2, 0.25) is 0 Å². The first kappa shape index (κ1) is 13.0. The van der Waals surface area contributed by atoms with E-state index in [4.69, 9.17) is 0 Å². The summed E-state index contributed by atoms with van der Waals surface area (Å²) in [5.74, 6) is -0.471. The maximum absolute atomic E-state index is 12.1. The summed E-state index contributed by atoms with van der Waals surface area (Å²) in [6, 6.07) is 7.15. The van der Waals surface area contributed by atoms with Crippen LogP contribution in [0, 0.1) is 0 Å². The molecule has 2 aromatic heterocycles. The zero-order valence-corrected chi connectivity index (χ0v) is 12.4. The Morgan fingerprint density at radius 2 is 2.25 bits per heavy atom. The molecule has 3 aromatic rings. The minimum absolute atomic E-state index is 0.0147. The van der Waals surface area contributed by atoms with Gasteiger partial charge in [0, 0.05) is 27.9 Å². The third-order valence-corrected chi connectivity index (χ3v) is 3.93. The number of amides is 1. The number of fused-ring (bicyclic) bond motifs is 1. The molecule has 0 aliphatic carbocycles. The Hall–Kier alpha value is -1.99.